The fraction of sp³-hybridized carbons (Fsp3) is 0.444. The molecule has 24 heavy (non-hydrogen) atoms. The van der Waals surface area contributed by atoms with Gasteiger partial charge < -0.3 is 4.90 Å². The van der Waals surface area contributed by atoms with E-state index in [0.29, 0.717) is 5.70 Å². The van der Waals surface area contributed by atoms with Crippen LogP contribution in [-0.4, -0.2) is 28.8 Å². The molecule has 2 heterocycles. The molecule has 0 radical (unpaired) electrons. The summed E-state index contributed by atoms with van der Waals surface area (Å²) < 4.78 is 0.943. The summed E-state index contributed by atoms with van der Waals surface area (Å²) in [6.07, 6.45) is 5.13. The maximum absolute atomic E-state index is 13.0. The normalized spacial score (nSPS) is 24.5. The number of nitrogens with zero attached hydrogens (tertiary/aromatic N) is 2. The van der Waals surface area contributed by atoms with Crippen molar-refractivity contribution in [3.8, 4) is 0 Å². The molecule has 2 aliphatic rings. The highest BCUT2D eigenvalue weighted by Gasteiger charge is 2.33. The van der Waals surface area contributed by atoms with Gasteiger partial charge in [-0.05, 0) is 63.5 Å². The third-order valence-corrected chi connectivity index (χ3v) is 5.23. The van der Waals surface area contributed by atoms with Crippen molar-refractivity contribution in [3.05, 3.63) is 40.5 Å². The van der Waals surface area contributed by atoms with E-state index in [9.17, 15) is 9.59 Å². The van der Waals surface area contributed by atoms with E-state index in [4.69, 9.17) is 0 Å². The van der Waals surface area contributed by atoms with Gasteiger partial charge in [-0.25, -0.2) is 5.01 Å². The Kier molecular flexibility index (Phi) is 4.94. The summed E-state index contributed by atoms with van der Waals surface area (Å²) in [7, 11) is 0. The van der Waals surface area contributed by atoms with E-state index in [-0.39, 0.29) is 30.3 Å². The molecule has 0 unspecified atom stereocenters. The molecule has 0 bridgehead atoms. The number of hydrogen-bond acceptors (Lipinski definition) is 3. The summed E-state index contributed by atoms with van der Waals surface area (Å²) in [5.41, 5.74) is 4.22. The van der Waals surface area contributed by atoms with Crippen molar-refractivity contribution in [2.75, 3.05) is 5.01 Å². The molecular weight excluding hydrogens is 370 g/mol. The van der Waals surface area contributed by atoms with Gasteiger partial charge in [-0.3, -0.25) is 15.0 Å². The topological polar surface area (TPSA) is 52.7 Å². The van der Waals surface area contributed by atoms with Crippen LogP contribution in [0.2, 0.25) is 0 Å². The van der Waals surface area contributed by atoms with E-state index in [1.807, 2.05) is 29.2 Å². The summed E-state index contributed by atoms with van der Waals surface area (Å²) >= 11 is 3.39. The van der Waals surface area contributed by atoms with Crippen LogP contribution in [0.5, 0.6) is 0 Å². The standard InChI is InChI=1S/C18H22BrN3O2/c1-12-4-3-5-13(2)21(12)18(24)16-10-11-17(23)22(20-16)15-8-6-14(19)7-9-15/h6-10,12-13,20H,3-5,11H2,1-2H3/t12-,13+. The molecule has 1 fully saturated rings. The minimum atomic E-state index is -0.0754. The van der Waals surface area contributed by atoms with Crippen molar-refractivity contribution in [3.63, 3.8) is 0 Å². The van der Waals surface area contributed by atoms with Gasteiger partial charge in [0.2, 0.25) is 5.91 Å². The number of likely N-dealkylation sites (tertiary alicyclic amines) is 1. The van der Waals surface area contributed by atoms with Crippen molar-refractivity contribution < 1.29 is 9.59 Å². The van der Waals surface area contributed by atoms with Gasteiger partial charge in [0, 0.05) is 23.0 Å². The molecule has 0 aliphatic carbocycles. The fourth-order valence-electron chi connectivity index (χ4n) is 3.40. The molecule has 3 rings (SSSR count). The molecule has 5 nitrogen and oxygen atoms in total. The lowest BCUT2D eigenvalue weighted by atomic mass is 9.97. The minimum absolute atomic E-state index is 0.0238. The van der Waals surface area contributed by atoms with Crippen molar-refractivity contribution in [1.82, 2.24) is 10.3 Å². The van der Waals surface area contributed by atoms with Gasteiger partial charge in [0.15, 0.2) is 0 Å². The Labute approximate surface area is 150 Å². The maximum Gasteiger partial charge on any atom is 0.271 e. The van der Waals surface area contributed by atoms with Gasteiger partial charge in [0.1, 0.15) is 5.70 Å². The lowest BCUT2D eigenvalue weighted by Crippen LogP contribution is -2.54. The number of hydrazine groups is 1. The van der Waals surface area contributed by atoms with Crippen LogP contribution in [0.25, 0.3) is 0 Å². The minimum Gasteiger partial charge on any atom is -0.332 e. The van der Waals surface area contributed by atoms with E-state index < -0.39 is 0 Å². The zero-order chi connectivity index (χ0) is 17.3. The van der Waals surface area contributed by atoms with Crippen LogP contribution < -0.4 is 10.4 Å². The summed E-state index contributed by atoms with van der Waals surface area (Å²) in [4.78, 5) is 27.1. The van der Waals surface area contributed by atoms with Crippen molar-refractivity contribution in [2.24, 2.45) is 0 Å². The van der Waals surface area contributed by atoms with Crippen LogP contribution >= 0.6 is 15.9 Å². The monoisotopic (exact) mass is 391 g/mol. The second-order valence-corrected chi connectivity index (χ2v) is 7.40. The lowest BCUT2D eigenvalue weighted by Gasteiger charge is -2.40. The first-order valence-corrected chi connectivity index (χ1v) is 9.14. The first-order valence-electron chi connectivity index (χ1n) is 8.35. The molecule has 2 atom stereocenters. The molecule has 2 aliphatic heterocycles. The number of anilines is 1. The smallest absolute Gasteiger partial charge is 0.271 e. The molecule has 1 N–H and O–H groups in total. The quantitative estimate of drug-likeness (QED) is 0.840. The Morgan fingerprint density at radius 2 is 1.79 bits per heavy atom. The van der Waals surface area contributed by atoms with Gasteiger partial charge in [-0.1, -0.05) is 15.9 Å². The second kappa shape index (κ2) is 6.97. The molecule has 1 aromatic carbocycles. The van der Waals surface area contributed by atoms with Gasteiger partial charge >= 0.3 is 0 Å². The Morgan fingerprint density at radius 1 is 1.17 bits per heavy atom. The Hall–Kier alpha value is -1.82. The first kappa shape index (κ1) is 17.0. The van der Waals surface area contributed by atoms with E-state index >= 15 is 0 Å². The molecule has 1 aromatic rings. The molecular formula is C18H22BrN3O2. The summed E-state index contributed by atoms with van der Waals surface area (Å²) in [5.74, 6) is -0.0991. The largest absolute Gasteiger partial charge is 0.332 e. The molecule has 0 aromatic heterocycles. The predicted molar refractivity (Wildman–Crippen MR) is 97.1 cm³/mol. The highest BCUT2D eigenvalue weighted by Crippen LogP contribution is 2.26. The molecule has 0 spiro atoms. The van der Waals surface area contributed by atoms with Crippen LogP contribution in [0, 0.1) is 0 Å². The summed E-state index contributed by atoms with van der Waals surface area (Å²) in [5, 5.41) is 1.46. The van der Waals surface area contributed by atoms with Crippen LogP contribution in [0.1, 0.15) is 39.5 Å². The number of hydrogen-bond donors (Lipinski definition) is 1. The number of amides is 2. The average Bonchev–Trinajstić information content (AvgIpc) is 2.56. The second-order valence-electron chi connectivity index (χ2n) is 6.48. The molecule has 1 saturated heterocycles. The van der Waals surface area contributed by atoms with Crippen molar-refractivity contribution in [1.29, 1.82) is 0 Å². The van der Waals surface area contributed by atoms with E-state index in [1.165, 1.54) is 5.01 Å². The van der Waals surface area contributed by atoms with Gasteiger partial charge in [-0.2, -0.15) is 0 Å². The molecule has 6 heteroatoms. The number of rotatable bonds is 2. The molecule has 128 valence electrons. The first-order chi connectivity index (χ1) is 11.5. The zero-order valence-electron chi connectivity index (χ0n) is 14.0. The Bertz CT molecular complexity index is 661. The van der Waals surface area contributed by atoms with Crippen LogP contribution in [0.4, 0.5) is 5.69 Å². The van der Waals surface area contributed by atoms with Crippen LogP contribution in [-0.2, 0) is 9.59 Å². The number of halogens is 1. The van der Waals surface area contributed by atoms with E-state index in [2.05, 4.69) is 35.2 Å². The van der Waals surface area contributed by atoms with Gasteiger partial charge in [0.25, 0.3) is 5.91 Å². The Balaban J connectivity index is 1.80. The zero-order valence-corrected chi connectivity index (χ0v) is 15.5. The molecule has 0 saturated carbocycles. The average molecular weight is 392 g/mol. The third-order valence-electron chi connectivity index (χ3n) is 4.71. The highest BCUT2D eigenvalue weighted by molar-refractivity contribution is 9.10. The lowest BCUT2D eigenvalue weighted by molar-refractivity contribution is -0.133. The maximum atomic E-state index is 13.0. The number of benzene rings is 1. The number of piperidine rings is 1. The van der Waals surface area contributed by atoms with Crippen LogP contribution in [0.15, 0.2) is 40.5 Å². The highest BCUT2D eigenvalue weighted by atomic mass is 79.9. The molecule has 2 amide bonds. The Morgan fingerprint density at radius 3 is 2.42 bits per heavy atom. The fourth-order valence-corrected chi connectivity index (χ4v) is 3.67. The summed E-state index contributed by atoms with van der Waals surface area (Å²) in [6, 6.07) is 7.88. The summed E-state index contributed by atoms with van der Waals surface area (Å²) in [6.45, 7) is 4.18. The van der Waals surface area contributed by atoms with Gasteiger partial charge in [0.05, 0.1) is 5.69 Å². The third kappa shape index (κ3) is 3.34. The van der Waals surface area contributed by atoms with Crippen LogP contribution in [0.3, 0.4) is 0 Å². The van der Waals surface area contributed by atoms with E-state index in [1.54, 1.807) is 6.08 Å². The number of carbonyl (C=O) groups excluding carboxylic acids is 2. The predicted octanol–water partition coefficient (Wildman–Crippen LogP) is 3.36. The van der Waals surface area contributed by atoms with Gasteiger partial charge in [-0.15, -0.1) is 0 Å². The van der Waals surface area contributed by atoms with Crippen molar-refractivity contribution in [2.45, 2.75) is 51.6 Å². The SMILES string of the molecule is C[C@@H]1CCC[C@H](C)N1C(=O)C1=CCC(=O)N(c2ccc(Br)cc2)N1. The van der Waals surface area contributed by atoms with Crippen molar-refractivity contribution >= 4 is 33.4 Å². The number of nitrogens with one attached hydrogen (secondary N) is 1. The number of carbonyl (C=O) groups is 2. The van der Waals surface area contributed by atoms with E-state index in [0.717, 1.165) is 29.4 Å².